The maximum atomic E-state index is 12.0. The summed E-state index contributed by atoms with van der Waals surface area (Å²) < 4.78 is 0. The Morgan fingerprint density at radius 1 is 1.44 bits per heavy atom. The van der Waals surface area contributed by atoms with Crippen LogP contribution in [0.5, 0.6) is 0 Å². The Morgan fingerprint density at radius 2 is 2.11 bits per heavy atom. The first-order valence-electron chi connectivity index (χ1n) is 6.44. The fourth-order valence-corrected chi connectivity index (χ4v) is 2.20. The molecular formula is C12H19N3O3. The number of imide groups is 1. The molecule has 2 atom stereocenters. The van der Waals surface area contributed by atoms with Crippen LogP contribution in [0.2, 0.25) is 0 Å². The maximum Gasteiger partial charge on any atom is 0.247 e. The first-order chi connectivity index (χ1) is 8.54. The molecule has 0 radical (unpaired) electrons. The van der Waals surface area contributed by atoms with Crippen molar-refractivity contribution in [2.75, 3.05) is 6.54 Å². The zero-order valence-corrected chi connectivity index (χ0v) is 10.7. The van der Waals surface area contributed by atoms with Crippen molar-refractivity contribution in [3.8, 4) is 0 Å². The molecule has 6 nitrogen and oxygen atoms in total. The number of likely N-dealkylation sites (tertiary alicyclic amines) is 1. The first-order valence-corrected chi connectivity index (χ1v) is 6.44. The average molecular weight is 253 g/mol. The summed E-state index contributed by atoms with van der Waals surface area (Å²) >= 11 is 0. The lowest BCUT2D eigenvalue weighted by Crippen LogP contribution is -2.49. The highest BCUT2D eigenvalue weighted by Crippen LogP contribution is 2.31. The van der Waals surface area contributed by atoms with Gasteiger partial charge in [-0.3, -0.25) is 24.6 Å². The number of rotatable bonds is 5. The molecule has 100 valence electrons. The maximum absolute atomic E-state index is 12.0. The summed E-state index contributed by atoms with van der Waals surface area (Å²) in [7, 11) is 0. The lowest BCUT2D eigenvalue weighted by Gasteiger charge is -2.18. The van der Waals surface area contributed by atoms with Crippen molar-refractivity contribution in [3.63, 3.8) is 0 Å². The standard InChI is InChI=1S/C12H19N3O3/c1-3-13-11(17)7(2)14-9-6-10(16)15(12(9)18)8-4-5-8/h7-9,14H,3-6H2,1-2H3,(H,13,17). The molecule has 2 fully saturated rings. The summed E-state index contributed by atoms with van der Waals surface area (Å²) in [5.74, 6) is -0.454. The van der Waals surface area contributed by atoms with Gasteiger partial charge in [-0.15, -0.1) is 0 Å². The zero-order chi connectivity index (χ0) is 13.3. The number of carbonyl (C=O) groups excluding carboxylic acids is 3. The topological polar surface area (TPSA) is 78.5 Å². The quantitative estimate of drug-likeness (QED) is 0.641. The van der Waals surface area contributed by atoms with Crippen LogP contribution in [-0.2, 0) is 14.4 Å². The summed E-state index contributed by atoms with van der Waals surface area (Å²) in [6.45, 7) is 4.09. The molecule has 3 amide bonds. The van der Waals surface area contributed by atoms with Crippen molar-refractivity contribution >= 4 is 17.7 Å². The normalized spacial score (nSPS) is 25.4. The second kappa shape index (κ2) is 5.06. The Kier molecular flexibility index (Phi) is 3.65. The average Bonchev–Trinajstić information content (AvgIpc) is 3.09. The predicted octanol–water partition coefficient (Wildman–Crippen LogP) is -0.609. The van der Waals surface area contributed by atoms with Crippen LogP contribution in [0, 0.1) is 0 Å². The van der Waals surface area contributed by atoms with Gasteiger partial charge in [0.25, 0.3) is 0 Å². The third kappa shape index (κ3) is 2.53. The molecule has 1 aliphatic carbocycles. The second-order valence-electron chi connectivity index (χ2n) is 4.87. The molecule has 1 saturated carbocycles. The van der Waals surface area contributed by atoms with Crippen LogP contribution in [0.1, 0.15) is 33.1 Å². The second-order valence-corrected chi connectivity index (χ2v) is 4.87. The van der Waals surface area contributed by atoms with Crippen molar-refractivity contribution in [1.29, 1.82) is 0 Å². The lowest BCUT2D eigenvalue weighted by molar-refractivity contribution is -0.139. The highest BCUT2D eigenvalue weighted by molar-refractivity contribution is 6.06. The van der Waals surface area contributed by atoms with Gasteiger partial charge >= 0.3 is 0 Å². The molecule has 0 aromatic rings. The van der Waals surface area contributed by atoms with Crippen LogP contribution in [-0.4, -0.2) is 47.3 Å². The van der Waals surface area contributed by atoms with E-state index >= 15 is 0 Å². The molecular weight excluding hydrogens is 234 g/mol. The van der Waals surface area contributed by atoms with Crippen LogP contribution in [0.4, 0.5) is 0 Å². The summed E-state index contributed by atoms with van der Waals surface area (Å²) in [6.07, 6.45) is 1.99. The fourth-order valence-electron chi connectivity index (χ4n) is 2.20. The summed E-state index contributed by atoms with van der Waals surface area (Å²) in [6, 6.07) is -0.905. The zero-order valence-electron chi connectivity index (χ0n) is 10.7. The number of amides is 3. The molecule has 0 aromatic carbocycles. The molecule has 1 aliphatic heterocycles. The van der Waals surface area contributed by atoms with Crippen LogP contribution in [0.15, 0.2) is 0 Å². The molecule has 2 unspecified atom stereocenters. The van der Waals surface area contributed by atoms with Gasteiger partial charge in [-0.05, 0) is 26.7 Å². The molecule has 1 heterocycles. The van der Waals surface area contributed by atoms with E-state index in [0.717, 1.165) is 12.8 Å². The number of nitrogens with one attached hydrogen (secondary N) is 2. The highest BCUT2D eigenvalue weighted by Gasteiger charge is 2.46. The van der Waals surface area contributed by atoms with Gasteiger partial charge in [-0.1, -0.05) is 0 Å². The molecule has 18 heavy (non-hydrogen) atoms. The largest absolute Gasteiger partial charge is 0.355 e. The monoisotopic (exact) mass is 253 g/mol. The number of carbonyl (C=O) groups is 3. The SMILES string of the molecule is CCNC(=O)C(C)NC1CC(=O)N(C2CC2)C1=O. The molecule has 2 aliphatic rings. The molecule has 0 bridgehead atoms. The van der Waals surface area contributed by atoms with E-state index in [1.165, 1.54) is 4.90 Å². The van der Waals surface area contributed by atoms with Gasteiger partial charge in [-0.25, -0.2) is 0 Å². The van der Waals surface area contributed by atoms with Crippen molar-refractivity contribution < 1.29 is 14.4 Å². The van der Waals surface area contributed by atoms with Gasteiger partial charge in [0, 0.05) is 12.6 Å². The number of nitrogens with zero attached hydrogens (tertiary/aromatic N) is 1. The summed E-state index contributed by atoms with van der Waals surface area (Å²) in [5.41, 5.74) is 0. The van der Waals surface area contributed by atoms with Gasteiger partial charge < -0.3 is 5.32 Å². The van der Waals surface area contributed by atoms with Crippen molar-refractivity contribution in [1.82, 2.24) is 15.5 Å². The van der Waals surface area contributed by atoms with Crippen molar-refractivity contribution in [2.45, 2.75) is 51.2 Å². The van der Waals surface area contributed by atoms with E-state index in [1.807, 2.05) is 6.92 Å². The van der Waals surface area contributed by atoms with Gasteiger partial charge in [0.1, 0.15) is 0 Å². The van der Waals surface area contributed by atoms with E-state index < -0.39 is 12.1 Å². The molecule has 1 saturated heterocycles. The van der Waals surface area contributed by atoms with Crippen LogP contribution in [0.3, 0.4) is 0 Å². The Labute approximate surface area is 106 Å². The Balaban J connectivity index is 1.92. The van der Waals surface area contributed by atoms with E-state index in [0.29, 0.717) is 6.54 Å². The smallest absolute Gasteiger partial charge is 0.247 e. The minimum absolute atomic E-state index is 0.108. The third-order valence-electron chi connectivity index (χ3n) is 3.29. The van der Waals surface area contributed by atoms with E-state index in [2.05, 4.69) is 10.6 Å². The summed E-state index contributed by atoms with van der Waals surface area (Å²) in [4.78, 5) is 36.7. The highest BCUT2D eigenvalue weighted by atomic mass is 16.2. The van der Waals surface area contributed by atoms with E-state index in [-0.39, 0.29) is 30.2 Å². The predicted molar refractivity (Wildman–Crippen MR) is 64.6 cm³/mol. The Morgan fingerprint density at radius 3 is 2.67 bits per heavy atom. The molecule has 2 N–H and O–H groups in total. The number of likely N-dealkylation sites (N-methyl/N-ethyl adjacent to an activating group) is 1. The summed E-state index contributed by atoms with van der Waals surface area (Å²) in [5, 5.41) is 5.61. The van der Waals surface area contributed by atoms with E-state index in [9.17, 15) is 14.4 Å². The molecule has 0 aromatic heterocycles. The van der Waals surface area contributed by atoms with Gasteiger partial charge in [-0.2, -0.15) is 0 Å². The fraction of sp³-hybridized carbons (Fsp3) is 0.750. The van der Waals surface area contributed by atoms with Gasteiger partial charge in [0.15, 0.2) is 0 Å². The van der Waals surface area contributed by atoms with E-state index in [1.54, 1.807) is 6.92 Å². The van der Waals surface area contributed by atoms with Crippen molar-refractivity contribution in [3.05, 3.63) is 0 Å². The van der Waals surface area contributed by atoms with Gasteiger partial charge in [0.05, 0.1) is 18.5 Å². The molecule has 6 heteroatoms. The lowest BCUT2D eigenvalue weighted by atomic mass is 10.2. The van der Waals surface area contributed by atoms with E-state index in [4.69, 9.17) is 0 Å². The third-order valence-corrected chi connectivity index (χ3v) is 3.29. The van der Waals surface area contributed by atoms with Crippen molar-refractivity contribution in [2.24, 2.45) is 0 Å². The van der Waals surface area contributed by atoms with Crippen LogP contribution >= 0.6 is 0 Å². The van der Waals surface area contributed by atoms with Gasteiger partial charge in [0.2, 0.25) is 17.7 Å². The minimum atomic E-state index is -0.546. The van der Waals surface area contributed by atoms with Crippen LogP contribution in [0.25, 0.3) is 0 Å². The molecule has 0 spiro atoms. The molecule has 2 rings (SSSR count). The van der Waals surface area contributed by atoms with Crippen LogP contribution < -0.4 is 10.6 Å². The first kappa shape index (κ1) is 13.0. The number of hydrogen-bond donors (Lipinski definition) is 2. The number of hydrogen-bond acceptors (Lipinski definition) is 4. The Bertz CT molecular complexity index is 379. The Hall–Kier alpha value is -1.43. The minimum Gasteiger partial charge on any atom is -0.355 e.